The number of rotatable bonds is 3. The molecule has 18 heavy (non-hydrogen) atoms. The van der Waals surface area contributed by atoms with E-state index in [4.69, 9.17) is 4.74 Å². The van der Waals surface area contributed by atoms with Gasteiger partial charge in [-0.2, -0.15) is 8.78 Å². The number of benzene rings is 1. The van der Waals surface area contributed by atoms with Gasteiger partial charge < -0.3 is 4.74 Å². The summed E-state index contributed by atoms with van der Waals surface area (Å²) in [5.74, 6) is 0. The van der Waals surface area contributed by atoms with Crippen molar-refractivity contribution in [3.05, 3.63) is 47.0 Å². The van der Waals surface area contributed by atoms with Gasteiger partial charge in [0.05, 0.1) is 6.10 Å². The average Bonchev–Trinajstić information content (AvgIpc) is 2.32. The van der Waals surface area contributed by atoms with Gasteiger partial charge in [0.2, 0.25) is 0 Å². The predicted octanol–water partition coefficient (Wildman–Crippen LogP) is 4.26. The van der Waals surface area contributed by atoms with Gasteiger partial charge >= 0.3 is 6.11 Å². The first-order valence-corrected chi connectivity index (χ1v) is 6.26. The lowest BCUT2D eigenvalue weighted by Gasteiger charge is -2.28. The van der Waals surface area contributed by atoms with Crippen LogP contribution in [0, 0.1) is 6.92 Å². The van der Waals surface area contributed by atoms with E-state index in [9.17, 15) is 8.78 Å². The van der Waals surface area contributed by atoms with Crippen molar-refractivity contribution in [2.45, 2.75) is 45.3 Å². The van der Waals surface area contributed by atoms with Crippen LogP contribution in [0.3, 0.4) is 0 Å². The Morgan fingerprint density at radius 2 is 1.89 bits per heavy atom. The molecule has 0 bridgehead atoms. The van der Waals surface area contributed by atoms with Crippen LogP contribution in [-0.4, -0.2) is 12.2 Å². The first kappa shape index (κ1) is 13.2. The van der Waals surface area contributed by atoms with E-state index in [1.54, 1.807) is 6.08 Å². The minimum absolute atomic E-state index is 0.0223. The van der Waals surface area contributed by atoms with E-state index < -0.39 is 6.11 Å². The number of halogens is 2. The van der Waals surface area contributed by atoms with E-state index in [2.05, 4.69) is 0 Å². The molecule has 1 aliphatic heterocycles. The Balaban J connectivity index is 1.90. The summed E-state index contributed by atoms with van der Waals surface area (Å²) < 4.78 is 31.5. The van der Waals surface area contributed by atoms with Gasteiger partial charge in [-0.15, -0.1) is 0 Å². The van der Waals surface area contributed by atoms with Crippen molar-refractivity contribution in [1.82, 2.24) is 0 Å². The Morgan fingerprint density at radius 1 is 1.22 bits per heavy atom. The highest BCUT2D eigenvalue weighted by Gasteiger charge is 2.38. The summed E-state index contributed by atoms with van der Waals surface area (Å²) >= 11 is 0. The summed E-state index contributed by atoms with van der Waals surface area (Å²) in [5, 5.41) is 0. The van der Waals surface area contributed by atoms with Crippen LogP contribution in [0.15, 0.2) is 35.9 Å². The lowest BCUT2D eigenvalue weighted by atomic mass is 10.0. The minimum atomic E-state index is -3.09. The van der Waals surface area contributed by atoms with Gasteiger partial charge in [-0.25, -0.2) is 0 Å². The maximum absolute atomic E-state index is 13.3. The Hall–Kier alpha value is -1.22. The van der Waals surface area contributed by atoms with Crippen molar-refractivity contribution >= 4 is 0 Å². The highest BCUT2D eigenvalue weighted by Crippen LogP contribution is 2.33. The lowest BCUT2D eigenvalue weighted by molar-refractivity contribution is -0.242. The molecular formula is C15H18F2O. The summed E-state index contributed by atoms with van der Waals surface area (Å²) in [4.78, 5) is 0. The summed E-state index contributed by atoms with van der Waals surface area (Å²) in [7, 11) is 0. The van der Waals surface area contributed by atoms with Gasteiger partial charge in [0.15, 0.2) is 0 Å². The van der Waals surface area contributed by atoms with E-state index in [-0.39, 0.29) is 11.7 Å². The SMILES string of the molecule is CC1=CCC(CCc2ccc(C)cc2)OC1(F)F. The molecule has 0 radical (unpaired) electrons. The van der Waals surface area contributed by atoms with Crippen LogP contribution in [-0.2, 0) is 11.2 Å². The molecule has 1 nitrogen and oxygen atoms in total. The molecule has 2 rings (SSSR count). The van der Waals surface area contributed by atoms with E-state index >= 15 is 0 Å². The maximum atomic E-state index is 13.3. The Labute approximate surface area is 106 Å². The molecular weight excluding hydrogens is 234 g/mol. The van der Waals surface area contributed by atoms with Crippen LogP contribution in [0.4, 0.5) is 8.78 Å². The van der Waals surface area contributed by atoms with Crippen molar-refractivity contribution in [1.29, 1.82) is 0 Å². The van der Waals surface area contributed by atoms with Crippen LogP contribution in [0.2, 0.25) is 0 Å². The van der Waals surface area contributed by atoms with Crippen molar-refractivity contribution in [3.8, 4) is 0 Å². The molecule has 0 saturated heterocycles. The van der Waals surface area contributed by atoms with E-state index in [0.717, 1.165) is 6.42 Å². The smallest absolute Gasteiger partial charge is 0.313 e. The topological polar surface area (TPSA) is 9.23 Å². The van der Waals surface area contributed by atoms with Crippen molar-refractivity contribution in [2.24, 2.45) is 0 Å². The summed E-state index contributed by atoms with van der Waals surface area (Å²) in [6.45, 7) is 3.44. The van der Waals surface area contributed by atoms with Crippen LogP contribution in [0.25, 0.3) is 0 Å². The van der Waals surface area contributed by atoms with E-state index in [0.29, 0.717) is 12.8 Å². The highest BCUT2D eigenvalue weighted by molar-refractivity contribution is 5.21. The number of ether oxygens (including phenoxy) is 1. The molecule has 0 spiro atoms. The predicted molar refractivity (Wildman–Crippen MR) is 67.7 cm³/mol. The molecule has 1 unspecified atom stereocenters. The Kier molecular flexibility index (Phi) is 3.81. The lowest BCUT2D eigenvalue weighted by Crippen LogP contribution is -2.33. The second-order valence-corrected chi connectivity index (χ2v) is 4.90. The fourth-order valence-electron chi connectivity index (χ4n) is 2.04. The zero-order valence-corrected chi connectivity index (χ0v) is 10.7. The Morgan fingerprint density at radius 3 is 2.50 bits per heavy atom. The molecule has 0 amide bonds. The monoisotopic (exact) mass is 252 g/mol. The first-order valence-electron chi connectivity index (χ1n) is 6.26. The quantitative estimate of drug-likeness (QED) is 0.730. The van der Waals surface area contributed by atoms with Gasteiger partial charge in [0.25, 0.3) is 0 Å². The summed E-state index contributed by atoms with van der Waals surface area (Å²) in [5.41, 5.74) is 2.39. The summed E-state index contributed by atoms with van der Waals surface area (Å²) in [6.07, 6.45) is 0.0911. The summed E-state index contributed by atoms with van der Waals surface area (Å²) in [6, 6.07) is 8.15. The highest BCUT2D eigenvalue weighted by atomic mass is 19.3. The number of hydrogen-bond acceptors (Lipinski definition) is 1. The second kappa shape index (κ2) is 5.19. The molecule has 1 aromatic rings. The average molecular weight is 252 g/mol. The molecule has 98 valence electrons. The number of aryl methyl sites for hydroxylation is 2. The molecule has 0 N–H and O–H groups in total. The van der Waals surface area contributed by atoms with Gasteiger partial charge in [0, 0.05) is 5.57 Å². The molecule has 1 atom stereocenters. The molecule has 3 heteroatoms. The van der Waals surface area contributed by atoms with Gasteiger partial charge in [-0.1, -0.05) is 35.9 Å². The second-order valence-electron chi connectivity index (χ2n) is 4.90. The van der Waals surface area contributed by atoms with E-state index in [1.807, 2.05) is 31.2 Å². The number of hydrogen-bond donors (Lipinski definition) is 0. The minimum Gasteiger partial charge on any atom is -0.313 e. The fraction of sp³-hybridized carbons (Fsp3) is 0.467. The third-order valence-corrected chi connectivity index (χ3v) is 3.34. The molecule has 1 aliphatic rings. The molecule has 0 saturated carbocycles. The molecule has 0 aliphatic carbocycles. The third kappa shape index (κ3) is 3.16. The standard InChI is InChI=1S/C15H18F2O/c1-11-3-6-13(7-4-11)8-10-14-9-5-12(2)15(16,17)18-14/h3-7,14H,8-10H2,1-2H3. The zero-order valence-electron chi connectivity index (χ0n) is 10.7. The van der Waals surface area contributed by atoms with E-state index in [1.165, 1.54) is 18.1 Å². The third-order valence-electron chi connectivity index (χ3n) is 3.34. The van der Waals surface area contributed by atoms with Gasteiger partial charge in [-0.3, -0.25) is 0 Å². The van der Waals surface area contributed by atoms with Crippen molar-refractivity contribution < 1.29 is 13.5 Å². The molecule has 1 aromatic carbocycles. The normalized spacial score (nSPS) is 22.7. The zero-order chi connectivity index (χ0) is 13.2. The van der Waals surface area contributed by atoms with Crippen molar-refractivity contribution in [3.63, 3.8) is 0 Å². The van der Waals surface area contributed by atoms with Gasteiger partial charge in [0.1, 0.15) is 0 Å². The van der Waals surface area contributed by atoms with Crippen LogP contribution < -0.4 is 0 Å². The Bertz CT molecular complexity index is 434. The first-order chi connectivity index (χ1) is 8.47. The van der Waals surface area contributed by atoms with Crippen LogP contribution >= 0.6 is 0 Å². The van der Waals surface area contributed by atoms with Gasteiger partial charge in [-0.05, 0) is 38.7 Å². The van der Waals surface area contributed by atoms with Crippen LogP contribution in [0.1, 0.15) is 30.9 Å². The number of alkyl halides is 2. The van der Waals surface area contributed by atoms with Crippen LogP contribution in [0.5, 0.6) is 0 Å². The molecule has 1 heterocycles. The van der Waals surface area contributed by atoms with Crippen molar-refractivity contribution in [2.75, 3.05) is 0 Å². The fourth-order valence-corrected chi connectivity index (χ4v) is 2.04. The molecule has 0 aromatic heterocycles. The maximum Gasteiger partial charge on any atom is 0.379 e. The molecule has 0 fully saturated rings. The largest absolute Gasteiger partial charge is 0.379 e.